The van der Waals surface area contributed by atoms with Crippen LogP contribution in [0.25, 0.3) is 0 Å². The van der Waals surface area contributed by atoms with Gasteiger partial charge in [0.05, 0.1) is 17.0 Å². The molecule has 0 unspecified atom stereocenters. The van der Waals surface area contributed by atoms with Crippen LogP contribution < -0.4 is 0 Å². The largest absolute Gasteiger partial charge is 0.463 e. The summed E-state index contributed by atoms with van der Waals surface area (Å²) in [5.41, 5.74) is 3.18. The van der Waals surface area contributed by atoms with Crippen molar-refractivity contribution in [3.63, 3.8) is 0 Å². The Labute approximate surface area is 204 Å². The molecule has 6 nitrogen and oxygen atoms in total. The number of hydrogen-bond donors (Lipinski definition) is 1. The van der Waals surface area contributed by atoms with Crippen LogP contribution in [0, 0.1) is 11.3 Å². The van der Waals surface area contributed by atoms with Gasteiger partial charge >= 0.3 is 0 Å². The molecule has 3 aromatic rings. The minimum Gasteiger partial charge on any atom is -0.463 e. The maximum Gasteiger partial charge on any atom is 0.291 e. The zero-order valence-corrected chi connectivity index (χ0v) is 19.6. The van der Waals surface area contributed by atoms with Gasteiger partial charge in [-0.1, -0.05) is 72.3 Å². The quantitative estimate of drug-likeness (QED) is 0.576. The smallest absolute Gasteiger partial charge is 0.291 e. The van der Waals surface area contributed by atoms with Gasteiger partial charge in [-0.2, -0.15) is 0 Å². The Morgan fingerprint density at radius 1 is 1.00 bits per heavy atom. The molecule has 1 N–H and O–H groups in total. The number of amidine groups is 1. The van der Waals surface area contributed by atoms with Crippen LogP contribution in [0.5, 0.6) is 0 Å². The predicted octanol–water partition coefficient (Wildman–Crippen LogP) is 4.36. The van der Waals surface area contributed by atoms with E-state index < -0.39 is 0 Å². The van der Waals surface area contributed by atoms with E-state index in [0.717, 1.165) is 17.8 Å². The fourth-order valence-electron chi connectivity index (χ4n) is 4.99. The Hall–Kier alpha value is -3.22. The minimum absolute atomic E-state index is 0.0599. The lowest BCUT2D eigenvalue weighted by Crippen LogP contribution is -2.45. The number of amides is 1. The van der Waals surface area contributed by atoms with Gasteiger partial charge in [-0.15, -0.1) is 0 Å². The van der Waals surface area contributed by atoms with E-state index in [1.165, 1.54) is 5.56 Å². The number of aromatic nitrogens is 1. The number of halogens is 1. The van der Waals surface area contributed by atoms with E-state index >= 15 is 0 Å². The van der Waals surface area contributed by atoms with E-state index in [2.05, 4.69) is 22.0 Å². The van der Waals surface area contributed by atoms with E-state index in [1.54, 1.807) is 11.1 Å². The van der Waals surface area contributed by atoms with Gasteiger partial charge in [-0.3, -0.25) is 25.0 Å². The van der Waals surface area contributed by atoms with Crippen molar-refractivity contribution in [3.8, 4) is 0 Å². The first-order valence-corrected chi connectivity index (χ1v) is 11.9. The molecular formula is C27H27ClN4O2. The molecular weight excluding hydrogens is 448 g/mol. The molecule has 1 aromatic heterocycles. The summed E-state index contributed by atoms with van der Waals surface area (Å²) in [4.78, 5) is 22.3. The molecule has 0 saturated carbocycles. The number of nitrogens with one attached hydrogen (secondary N) is 1. The summed E-state index contributed by atoms with van der Waals surface area (Å²) in [7, 11) is 0. The van der Waals surface area contributed by atoms with Crippen molar-refractivity contribution in [2.75, 3.05) is 19.7 Å². The lowest BCUT2D eigenvalue weighted by molar-refractivity contribution is -0.132. The van der Waals surface area contributed by atoms with E-state index in [-0.39, 0.29) is 29.8 Å². The molecule has 3 atom stereocenters. The molecule has 0 bridgehead atoms. The summed E-state index contributed by atoms with van der Waals surface area (Å²) in [6.45, 7) is 2.41. The van der Waals surface area contributed by atoms with E-state index in [0.29, 0.717) is 31.1 Å². The molecule has 0 radical (unpaired) electrons. The Bertz CT molecular complexity index is 1140. The van der Waals surface area contributed by atoms with E-state index in [9.17, 15) is 4.79 Å². The highest BCUT2D eigenvalue weighted by molar-refractivity contribution is 6.30. The topological polar surface area (TPSA) is 69.5 Å². The van der Waals surface area contributed by atoms with Gasteiger partial charge in [0, 0.05) is 37.4 Å². The van der Waals surface area contributed by atoms with Gasteiger partial charge in [0.25, 0.3) is 6.02 Å². The third-order valence-corrected chi connectivity index (χ3v) is 6.86. The number of benzene rings is 2. The molecule has 174 valence electrons. The number of likely N-dealkylation sites (tertiary alicyclic amines) is 1. The average molecular weight is 475 g/mol. The normalized spacial score (nSPS) is 22.7. The van der Waals surface area contributed by atoms with Gasteiger partial charge in [-0.25, -0.2) is 0 Å². The number of ether oxygens (including phenoxy) is 1. The van der Waals surface area contributed by atoms with Crippen LogP contribution in [0.3, 0.4) is 0 Å². The van der Waals surface area contributed by atoms with Crippen molar-refractivity contribution < 1.29 is 9.53 Å². The first-order valence-electron chi connectivity index (χ1n) is 11.5. The molecule has 2 saturated heterocycles. The Balaban J connectivity index is 1.40. The third kappa shape index (κ3) is 4.83. The van der Waals surface area contributed by atoms with Crippen LogP contribution in [0.15, 0.2) is 79.0 Å². The van der Waals surface area contributed by atoms with Gasteiger partial charge in [0.1, 0.15) is 6.61 Å². The van der Waals surface area contributed by atoms with Gasteiger partial charge in [-0.05, 0) is 29.7 Å². The van der Waals surface area contributed by atoms with Gasteiger partial charge in [0.15, 0.2) is 0 Å². The maximum absolute atomic E-state index is 13.9. The van der Waals surface area contributed by atoms with E-state index in [1.807, 2.05) is 60.7 Å². The van der Waals surface area contributed by atoms with Crippen LogP contribution >= 0.6 is 11.6 Å². The zero-order chi connectivity index (χ0) is 23.5. The van der Waals surface area contributed by atoms with Gasteiger partial charge in [0.2, 0.25) is 5.91 Å². The minimum atomic E-state index is -0.322. The number of carbonyl (C=O) groups excluding carboxylic acids is 1. The molecule has 2 aliphatic heterocycles. The van der Waals surface area contributed by atoms with Crippen molar-refractivity contribution in [2.24, 2.45) is 5.92 Å². The molecule has 0 spiro atoms. The van der Waals surface area contributed by atoms with Crippen molar-refractivity contribution in [3.05, 3.63) is 101 Å². The Morgan fingerprint density at radius 2 is 1.71 bits per heavy atom. The standard InChI is InChI=1S/C27H27ClN4O2/c28-21-11-12-25(30-14-21)23-16-31(15-20-9-5-2-6-10-20)17-24(23)26(33)32-22(18-34-27(32)29)13-19-7-3-1-4-8-19/h1-12,14,22-24,29H,13,15-18H2/t22-,23+,24+/m0/s1. The first kappa shape index (κ1) is 22.6. The number of nitrogens with zero attached hydrogens (tertiary/aromatic N) is 3. The van der Waals surface area contributed by atoms with Gasteiger partial charge < -0.3 is 4.74 Å². The summed E-state index contributed by atoms with van der Waals surface area (Å²) < 4.78 is 5.55. The fraction of sp³-hybridized carbons (Fsp3) is 0.296. The highest BCUT2D eigenvalue weighted by atomic mass is 35.5. The van der Waals surface area contributed by atoms with Crippen molar-refractivity contribution in [2.45, 2.75) is 24.9 Å². The van der Waals surface area contributed by atoms with Crippen LogP contribution in [0.1, 0.15) is 22.7 Å². The molecule has 5 rings (SSSR count). The molecule has 0 aliphatic carbocycles. The monoisotopic (exact) mass is 474 g/mol. The highest BCUT2D eigenvalue weighted by Gasteiger charge is 2.45. The lowest BCUT2D eigenvalue weighted by Gasteiger charge is -2.26. The van der Waals surface area contributed by atoms with Crippen molar-refractivity contribution in [1.29, 1.82) is 5.41 Å². The van der Waals surface area contributed by atoms with Crippen molar-refractivity contribution >= 4 is 23.5 Å². The second-order valence-corrected chi connectivity index (χ2v) is 9.40. The molecule has 2 aromatic carbocycles. The number of pyridine rings is 1. The van der Waals surface area contributed by atoms with Crippen LogP contribution in [-0.4, -0.2) is 52.5 Å². The number of rotatable bonds is 6. The van der Waals surface area contributed by atoms with Crippen LogP contribution in [0.4, 0.5) is 0 Å². The predicted molar refractivity (Wildman–Crippen MR) is 132 cm³/mol. The van der Waals surface area contributed by atoms with Crippen LogP contribution in [-0.2, 0) is 22.5 Å². The SMILES string of the molecule is N=C1OC[C@H](Cc2ccccc2)N1C(=O)[C@@H]1CN(Cc2ccccc2)C[C@H]1c1ccc(Cl)cn1. The molecule has 34 heavy (non-hydrogen) atoms. The molecule has 3 heterocycles. The summed E-state index contributed by atoms with van der Waals surface area (Å²) in [6.07, 6.45) is 2.29. The Kier molecular flexibility index (Phi) is 6.61. The van der Waals surface area contributed by atoms with Crippen LogP contribution in [0.2, 0.25) is 5.02 Å². The summed E-state index contributed by atoms with van der Waals surface area (Å²) >= 11 is 6.08. The average Bonchev–Trinajstić information content (AvgIpc) is 3.44. The fourth-order valence-corrected chi connectivity index (χ4v) is 5.10. The molecule has 1 amide bonds. The molecule has 2 aliphatic rings. The third-order valence-electron chi connectivity index (χ3n) is 6.64. The zero-order valence-electron chi connectivity index (χ0n) is 18.8. The highest BCUT2D eigenvalue weighted by Crippen LogP contribution is 2.35. The number of carbonyl (C=O) groups is 1. The molecule has 7 heteroatoms. The second kappa shape index (κ2) is 9.95. The second-order valence-electron chi connectivity index (χ2n) is 8.96. The lowest BCUT2D eigenvalue weighted by atomic mass is 9.90. The van der Waals surface area contributed by atoms with Crippen molar-refractivity contribution in [1.82, 2.24) is 14.8 Å². The number of hydrogen-bond acceptors (Lipinski definition) is 5. The summed E-state index contributed by atoms with van der Waals surface area (Å²) in [5.74, 6) is -0.474. The Morgan fingerprint density at radius 3 is 2.38 bits per heavy atom. The maximum atomic E-state index is 13.9. The summed E-state index contributed by atoms with van der Waals surface area (Å²) in [6, 6.07) is 23.8. The first-order chi connectivity index (χ1) is 16.6. The summed E-state index contributed by atoms with van der Waals surface area (Å²) in [5, 5.41) is 8.93. The molecule has 2 fully saturated rings. The van der Waals surface area contributed by atoms with E-state index in [4.69, 9.17) is 21.7 Å².